The molecule has 0 radical (unpaired) electrons. The number of rotatable bonds is 27. The molecule has 20 heteroatoms. The quantitative estimate of drug-likeness (QED) is 0.0591. The van der Waals surface area contributed by atoms with Gasteiger partial charge in [0, 0.05) is 83.2 Å². The van der Waals surface area contributed by atoms with Crippen LogP contribution < -0.4 is 16.0 Å². The summed E-state index contributed by atoms with van der Waals surface area (Å²) in [6, 6.07) is 12.9. The Morgan fingerprint density at radius 2 is 1.24 bits per heavy atom. The molecular weight excluding hydrogens is 1030 g/mol. The highest BCUT2D eigenvalue weighted by molar-refractivity contribution is 7.98. The number of unbranched alkanes of at least 4 members (excludes halogenated alkanes) is 1. The Morgan fingerprint density at radius 1 is 0.658 bits per heavy atom. The Labute approximate surface area is 472 Å². The van der Waals surface area contributed by atoms with Crippen molar-refractivity contribution >= 4 is 64.7 Å². The molecule has 79 heavy (non-hydrogen) atoms. The van der Waals surface area contributed by atoms with Crippen molar-refractivity contribution in [2.75, 3.05) is 97.1 Å². The number of amides is 3. The summed E-state index contributed by atoms with van der Waals surface area (Å²) in [6.07, 6.45) is 3.93. The number of nitrogens with one attached hydrogen (secondary N) is 3. The maximum atomic E-state index is 14.3. The van der Waals surface area contributed by atoms with Gasteiger partial charge in [-0.3, -0.25) is 53.2 Å². The second-order valence-corrected chi connectivity index (χ2v) is 23.8. The van der Waals surface area contributed by atoms with Crippen molar-refractivity contribution in [2.45, 2.75) is 143 Å². The Balaban J connectivity index is 1.37. The molecule has 1 unspecified atom stereocenters. The van der Waals surface area contributed by atoms with Gasteiger partial charge in [0.25, 0.3) is 5.91 Å². The molecule has 0 aromatic heterocycles. The highest BCUT2D eigenvalue weighted by Gasteiger charge is 2.32. The summed E-state index contributed by atoms with van der Waals surface area (Å²) in [6.45, 7) is 19.0. The second kappa shape index (κ2) is 33.3. The predicted octanol–water partition coefficient (Wildman–Crippen LogP) is 5.23. The summed E-state index contributed by atoms with van der Waals surface area (Å²) >= 11 is 1.53. The SMILES string of the molecule is CSCC[C@H](NC(=O)c1cccc2c1CCC(C(=O)CN1CCN(CC(C)=O)CCN(CC(C)=O)CCN(CC(=O)OC(C)(C)C)CC1)C2)C(=O)CCC(=O)N[C@@H](CCCCNC(=O)OCc1ccccc1)C(=O)OC(C)(C)C. The van der Waals surface area contributed by atoms with Gasteiger partial charge in [0.1, 0.15) is 41.2 Å². The van der Waals surface area contributed by atoms with Gasteiger partial charge in [-0.2, -0.15) is 11.8 Å². The van der Waals surface area contributed by atoms with Gasteiger partial charge >= 0.3 is 18.0 Å². The van der Waals surface area contributed by atoms with Crippen LogP contribution in [0.2, 0.25) is 0 Å². The zero-order chi connectivity index (χ0) is 58.1. The third-order valence-corrected chi connectivity index (χ3v) is 14.1. The Morgan fingerprint density at radius 3 is 1.81 bits per heavy atom. The van der Waals surface area contributed by atoms with Crippen LogP contribution in [0.1, 0.15) is 127 Å². The number of esters is 2. The van der Waals surface area contributed by atoms with E-state index >= 15 is 0 Å². The van der Waals surface area contributed by atoms with E-state index in [1.54, 1.807) is 46.8 Å². The number of thioether (sulfide) groups is 1. The zero-order valence-corrected chi connectivity index (χ0v) is 49.2. The molecule has 19 nitrogen and oxygen atoms in total. The summed E-state index contributed by atoms with van der Waals surface area (Å²) in [5, 5.41) is 8.42. The molecule has 4 rings (SSSR count). The van der Waals surface area contributed by atoms with Crippen molar-refractivity contribution < 1.29 is 57.4 Å². The van der Waals surface area contributed by atoms with Crippen LogP contribution in [0.3, 0.4) is 0 Å². The molecule has 1 saturated heterocycles. The van der Waals surface area contributed by atoms with Gasteiger partial charge in [0.2, 0.25) is 5.91 Å². The van der Waals surface area contributed by atoms with Crippen LogP contribution in [0.4, 0.5) is 4.79 Å². The number of ketones is 4. The number of ether oxygens (including phenoxy) is 3. The first-order chi connectivity index (χ1) is 37.4. The fourth-order valence-corrected chi connectivity index (χ4v) is 10.0. The molecule has 2 aromatic carbocycles. The number of hydrogen-bond acceptors (Lipinski definition) is 17. The van der Waals surface area contributed by atoms with Crippen LogP contribution in [-0.2, 0) is 67.2 Å². The monoisotopic (exact) mass is 1120 g/mol. The van der Waals surface area contributed by atoms with Crippen LogP contribution in [-0.4, -0.2) is 193 Å². The Bertz CT molecular complexity index is 2360. The average molecular weight is 1120 g/mol. The van der Waals surface area contributed by atoms with Gasteiger partial charge in [0.15, 0.2) is 5.78 Å². The van der Waals surface area contributed by atoms with Crippen molar-refractivity contribution in [3.8, 4) is 0 Å². The maximum absolute atomic E-state index is 14.3. The van der Waals surface area contributed by atoms with Gasteiger partial charge in [-0.1, -0.05) is 42.5 Å². The lowest BCUT2D eigenvalue weighted by Crippen LogP contribution is -2.49. The van der Waals surface area contributed by atoms with Gasteiger partial charge in [-0.05, 0) is 135 Å². The van der Waals surface area contributed by atoms with Crippen LogP contribution in [0.5, 0.6) is 0 Å². The zero-order valence-electron chi connectivity index (χ0n) is 48.4. The van der Waals surface area contributed by atoms with Crippen molar-refractivity contribution in [3.63, 3.8) is 0 Å². The standard InChI is InChI=1S/C59H89N7O12S/c1-42(67)37-63-27-28-64(38-43(2)68)30-33-66(40-54(72)77-58(3,4)5)34-32-65(31-29-63)39-52(70)46-21-22-47-45(36-46)18-15-19-48(47)55(73)62-49(25-35-79-9)51(69)23-24-53(71)61-50(56(74)78-59(6,7)8)20-13-14-26-60-57(75)76-41-44-16-11-10-12-17-44/h10-12,15-19,46,49-50H,13-14,20-41H2,1-9H3,(H,60,75)(H,61,71)(H,62,73)/t46?,49-,50-/m0/s1. The molecule has 0 spiro atoms. The Kier molecular flexibility index (Phi) is 27.8. The summed E-state index contributed by atoms with van der Waals surface area (Å²) in [7, 11) is 0. The van der Waals surface area contributed by atoms with E-state index in [9.17, 15) is 43.2 Å². The minimum Gasteiger partial charge on any atom is -0.459 e. The minimum atomic E-state index is -0.985. The van der Waals surface area contributed by atoms with E-state index in [-0.39, 0.29) is 87.1 Å². The summed E-state index contributed by atoms with van der Waals surface area (Å²) in [5.74, 6) is -1.83. The largest absolute Gasteiger partial charge is 0.459 e. The van der Waals surface area contributed by atoms with Gasteiger partial charge in [-0.25, -0.2) is 9.59 Å². The smallest absolute Gasteiger partial charge is 0.407 e. The number of carbonyl (C=O) groups excluding carboxylic acids is 9. The first-order valence-electron chi connectivity index (χ1n) is 27.9. The first-order valence-corrected chi connectivity index (χ1v) is 29.3. The summed E-state index contributed by atoms with van der Waals surface area (Å²) in [4.78, 5) is 127. The van der Waals surface area contributed by atoms with Crippen molar-refractivity contribution in [2.24, 2.45) is 5.92 Å². The lowest BCUT2D eigenvalue weighted by atomic mass is 9.79. The van der Waals surface area contributed by atoms with E-state index in [0.717, 1.165) is 16.7 Å². The number of nitrogens with zero attached hydrogens (tertiary/aromatic N) is 4. The number of carbonyl (C=O) groups is 9. The fourth-order valence-electron chi connectivity index (χ4n) is 9.56. The number of benzene rings is 2. The maximum Gasteiger partial charge on any atom is 0.407 e. The lowest BCUT2D eigenvalue weighted by Gasteiger charge is -2.34. The van der Waals surface area contributed by atoms with Gasteiger partial charge in [0.05, 0.1) is 32.2 Å². The molecule has 2 aromatic rings. The van der Waals surface area contributed by atoms with Crippen LogP contribution in [0, 0.1) is 5.92 Å². The van der Waals surface area contributed by atoms with E-state index in [0.29, 0.717) is 109 Å². The topological polar surface area (TPSA) is 230 Å². The minimum absolute atomic E-state index is 0.0230. The van der Waals surface area contributed by atoms with E-state index < -0.39 is 47.2 Å². The average Bonchev–Trinajstić information content (AvgIpc) is 3.39. The van der Waals surface area contributed by atoms with Gasteiger partial charge < -0.3 is 30.2 Å². The molecule has 0 bridgehead atoms. The number of hydrogen-bond donors (Lipinski definition) is 3. The van der Waals surface area contributed by atoms with E-state index in [4.69, 9.17) is 14.2 Å². The third-order valence-electron chi connectivity index (χ3n) is 13.5. The van der Waals surface area contributed by atoms with Crippen molar-refractivity contribution in [1.82, 2.24) is 35.6 Å². The Hall–Kier alpha value is -5.54. The molecule has 2 aliphatic rings. The van der Waals surface area contributed by atoms with E-state index in [1.807, 2.05) is 68.3 Å². The summed E-state index contributed by atoms with van der Waals surface area (Å²) in [5.41, 5.74) is 1.54. The van der Waals surface area contributed by atoms with E-state index in [2.05, 4.69) is 30.7 Å². The lowest BCUT2D eigenvalue weighted by molar-refractivity contribution is -0.159. The predicted molar refractivity (Wildman–Crippen MR) is 305 cm³/mol. The highest BCUT2D eigenvalue weighted by atomic mass is 32.2. The first kappa shape index (κ1) is 66.0. The fraction of sp³-hybridized carbons (Fsp3) is 0.644. The molecular formula is C59H89N7O12S. The highest BCUT2D eigenvalue weighted by Crippen LogP contribution is 2.29. The van der Waals surface area contributed by atoms with Crippen LogP contribution in [0.15, 0.2) is 48.5 Å². The molecule has 438 valence electrons. The molecule has 1 aliphatic heterocycles. The second-order valence-electron chi connectivity index (χ2n) is 22.9. The molecule has 3 N–H and O–H groups in total. The molecule has 1 fully saturated rings. The normalized spacial score (nSPS) is 17.1. The number of fused-ring (bicyclic) bond motifs is 1. The molecule has 3 atom stereocenters. The van der Waals surface area contributed by atoms with Crippen LogP contribution >= 0.6 is 11.8 Å². The van der Waals surface area contributed by atoms with Crippen molar-refractivity contribution in [3.05, 3.63) is 70.8 Å². The summed E-state index contributed by atoms with van der Waals surface area (Å²) < 4.78 is 16.5. The van der Waals surface area contributed by atoms with Crippen molar-refractivity contribution in [1.29, 1.82) is 0 Å². The third kappa shape index (κ3) is 26.1. The number of alkyl carbamates (subject to hydrolysis) is 1. The molecule has 3 amide bonds. The van der Waals surface area contributed by atoms with Gasteiger partial charge in [-0.15, -0.1) is 0 Å². The number of Topliss-reactive ketones (excluding diaryl/α,β-unsaturated/α-hetero) is 4. The van der Waals surface area contributed by atoms with Crippen LogP contribution in [0.25, 0.3) is 0 Å². The molecule has 0 saturated carbocycles. The van der Waals surface area contributed by atoms with E-state index in [1.165, 1.54) is 11.8 Å². The molecule has 1 aliphatic carbocycles. The molecule has 1 heterocycles.